The van der Waals surface area contributed by atoms with Gasteiger partial charge in [0.05, 0.1) is 12.3 Å². The zero-order chi connectivity index (χ0) is 18.6. The molecule has 0 aliphatic carbocycles. The fraction of sp³-hybridized carbons (Fsp3) is 0.333. The van der Waals surface area contributed by atoms with Crippen LogP contribution in [0.5, 0.6) is 5.75 Å². The summed E-state index contributed by atoms with van der Waals surface area (Å²) in [5.41, 5.74) is 4.25. The summed E-state index contributed by atoms with van der Waals surface area (Å²) in [7, 11) is 0. The molecule has 0 fully saturated rings. The van der Waals surface area contributed by atoms with Gasteiger partial charge in [0.15, 0.2) is 0 Å². The number of benzene rings is 1. The Balaban J connectivity index is 0.00000225. The maximum atomic E-state index is 5.95. The van der Waals surface area contributed by atoms with E-state index in [1.807, 2.05) is 13.0 Å². The molecule has 0 saturated heterocycles. The molecule has 1 aromatic carbocycles. The van der Waals surface area contributed by atoms with Gasteiger partial charge in [-0.05, 0) is 30.9 Å². The Kier molecular flexibility index (Phi) is 6.46. The summed E-state index contributed by atoms with van der Waals surface area (Å²) in [5.74, 6) is 2.91. The van der Waals surface area contributed by atoms with Crippen LogP contribution in [0.2, 0.25) is 0 Å². The van der Waals surface area contributed by atoms with Crippen LogP contribution in [0.4, 0.5) is 5.82 Å². The highest BCUT2D eigenvalue weighted by Gasteiger charge is 2.18. The fourth-order valence-corrected chi connectivity index (χ4v) is 3.31. The van der Waals surface area contributed by atoms with Crippen LogP contribution in [0.25, 0.3) is 11.3 Å². The number of hydrogen-bond acceptors (Lipinski definition) is 6. The smallest absolute Gasteiger partial charge is 0.129 e. The summed E-state index contributed by atoms with van der Waals surface area (Å²) in [6.45, 7) is 5.64. The second-order valence-electron chi connectivity index (χ2n) is 6.88. The number of ether oxygens (including phenoxy) is 1. The van der Waals surface area contributed by atoms with Gasteiger partial charge in [0.2, 0.25) is 0 Å². The van der Waals surface area contributed by atoms with Crippen molar-refractivity contribution in [2.24, 2.45) is 0 Å². The van der Waals surface area contributed by atoms with Crippen LogP contribution in [-0.4, -0.2) is 33.1 Å². The van der Waals surface area contributed by atoms with E-state index < -0.39 is 0 Å². The van der Waals surface area contributed by atoms with Crippen molar-refractivity contribution in [1.82, 2.24) is 19.9 Å². The first-order valence-corrected chi connectivity index (χ1v) is 9.30. The van der Waals surface area contributed by atoms with Crippen molar-refractivity contribution < 1.29 is 4.74 Å². The number of hydrogen-bond donors (Lipinski definition) is 1. The third kappa shape index (κ3) is 4.42. The highest BCUT2D eigenvalue weighted by molar-refractivity contribution is 7.59. The summed E-state index contributed by atoms with van der Waals surface area (Å²) in [4.78, 5) is 17.1. The van der Waals surface area contributed by atoms with E-state index >= 15 is 0 Å². The molecule has 1 N–H and O–H groups in total. The van der Waals surface area contributed by atoms with E-state index in [-0.39, 0.29) is 13.5 Å². The second kappa shape index (κ2) is 9.01. The minimum atomic E-state index is 0. The monoisotopic (exact) mass is 395 g/mol. The predicted molar refractivity (Wildman–Crippen MR) is 115 cm³/mol. The summed E-state index contributed by atoms with van der Waals surface area (Å²) in [5, 5.41) is 3.42. The van der Waals surface area contributed by atoms with Gasteiger partial charge in [0.25, 0.3) is 0 Å². The van der Waals surface area contributed by atoms with Crippen molar-refractivity contribution in [1.29, 1.82) is 0 Å². The van der Waals surface area contributed by atoms with Gasteiger partial charge in [0, 0.05) is 36.5 Å². The Morgan fingerprint density at radius 3 is 2.79 bits per heavy atom. The third-order valence-electron chi connectivity index (χ3n) is 4.83. The lowest BCUT2D eigenvalue weighted by molar-refractivity contribution is 0.284. The quantitative estimate of drug-likeness (QED) is 0.706. The van der Waals surface area contributed by atoms with Crippen molar-refractivity contribution in [3.05, 3.63) is 59.9 Å². The van der Waals surface area contributed by atoms with Gasteiger partial charge in [-0.25, -0.2) is 19.9 Å². The molecule has 28 heavy (non-hydrogen) atoms. The molecular weight excluding hydrogens is 370 g/mol. The number of para-hydroxylation sites is 1. The summed E-state index contributed by atoms with van der Waals surface area (Å²) in [6, 6.07) is 8.38. The molecule has 3 aromatic rings. The van der Waals surface area contributed by atoms with Crippen molar-refractivity contribution in [2.45, 2.75) is 32.6 Å². The topological polar surface area (TPSA) is 72.8 Å². The normalized spacial score (nSPS) is 13.6. The van der Waals surface area contributed by atoms with Gasteiger partial charge in [-0.15, -0.1) is 0 Å². The number of anilines is 1. The number of fused-ring (bicyclic) bond motifs is 1. The summed E-state index contributed by atoms with van der Waals surface area (Å²) in [6.07, 6.45) is 7.32. The maximum Gasteiger partial charge on any atom is 0.129 e. The summed E-state index contributed by atoms with van der Waals surface area (Å²) < 4.78 is 5.95. The van der Waals surface area contributed by atoms with Crippen LogP contribution in [0.1, 0.15) is 36.2 Å². The molecule has 0 bridgehead atoms. The average Bonchev–Trinajstić information content (AvgIpc) is 2.72. The van der Waals surface area contributed by atoms with Crippen LogP contribution in [0.3, 0.4) is 0 Å². The Hall–Kier alpha value is -2.67. The van der Waals surface area contributed by atoms with Crippen LogP contribution in [0, 0.1) is 6.92 Å². The number of nitrogens with one attached hydrogen (secondary N) is 1. The molecule has 2 aromatic heterocycles. The summed E-state index contributed by atoms with van der Waals surface area (Å²) >= 11 is 0. The zero-order valence-corrected chi connectivity index (χ0v) is 17.1. The van der Waals surface area contributed by atoms with Gasteiger partial charge in [-0.2, -0.15) is 13.5 Å². The number of nitrogens with zero attached hydrogens (tertiary/aromatic N) is 4. The van der Waals surface area contributed by atoms with E-state index in [9.17, 15) is 0 Å². The average molecular weight is 396 g/mol. The number of aromatic nitrogens is 4. The molecule has 3 heterocycles. The molecule has 1 aliphatic heterocycles. The first-order valence-electron chi connectivity index (χ1n) is 9.30. The standard InChI is InChI=1S/C21H23N5O.H2S/c1-14(18-7-3-5-16-6-4-8-27-21(16)18)10-24-20-9-19(25-13-26-20)17-11-22-15(2)23-12-17;/h3,5,7,9,11-14H,4,6,8,10H2,1-2H3,(H,24,25,26);1H2/t14-;/m1./s1. The number of rotatable bonds is 5. The van der Waals surface area contributed by atoms with Crippen LogP contribution >= 0.6 is 13.5 Å². The largest absolute Gasteiger partial charge is 0.493 e. The molecule has 146 valence electrons. The minimum Gasteiger partial charge on any atom is -0.493 e. The zero-order valence-electron chi connectivity index (χ0n) is 16.1. The molecule has 0 saturated carbocycles. The molecule has 1 aliphatic rings. The van der Waals surface area contributed by atoms with Crippen molar-refractivity contribution >= 4 is 19.3 Å². The lowest BCUT2D eigenvalue weighted by Crippen LogP contribution is -2.15. The lowest BCUT2D eigenvalue weighted by Gasteiger charge is -2.23. The lowest BCUT2D eigenvalue weighted by atomic mass is 9.94. The highest BCUT2D eigenvalue weighted by Crippen LogP contribution is 2.33. The van der Waals surface area contributed by atoms with Gasteiger partial charge in [0.1, 0.15) is 23.7 Å². The van der Waals surface area contributed by atoms with E-state index in [1.54, 1.807) is 18.7 Å². The molecule has 6 nitrogen and oxygen atoms in total. The van der Waals surface area contributed by atoms with Crippen LogP contribution in [0.15, 0.2) is 43.0 Å². The maximum absolute atomic E-state index is 5.95. The molecule has 4 rings (SSSR count). The number of aryl methyl sites for hydroxylation is 2. The van der Waals surface area contributed by atoms with Crippen molar-refractivity contribution in [2.75, 3.05) is 18.5 Å². The van der Waals surface area contributed by atoms with Crippen molar-refractivity contribution in [3.8, 4) is 17.0 Å². The van der Waals surface area contributed by atoms with E-state index in [1.165, 1.54) is 11.1 Å². The van der Waals surface area contributed by atoms with Crippen molar-refractivity contribution in [3.63, 3.8) is 0 Å². The van der Waals surface area contributed by atoms with E-state index in [0.717, 1.165) is 54.6 Å². The second-order valence-corrected chi connectivity index (χ2v) is 6.88. The SMILES string of the molecule is Cc1ncc(-c2cc(NC[C@@H](C)c3cccc4c3OCCC4)ncn2)cn1.S. The molecule has 1 atom stereocenters. The van der Waals surface area contributed by atoms with E-state index in [2.05, 4.69) is 50.4 Å². The Bertz CT molecular complexity index is 932. The van der Waals surface area contributed by atoms with E-state index in [4.69, 9.17) is 4.74 Å². The van der Waals surface area contributed by atoms with Gasteiger partial charge >= 0.3 is 0 Å². The molecule has 0 radical (unpaired) electrons. The molecule has 0 unspecified atom stereocenters. The molecule has 0 amide bonds. The van der Waals surface area contributed by atoms with E-state index in [0.29, 0.717) is 5.92 Å². The van der Waals surface area contributed by atoms with Gasteiger partial charge in [-0.3, -0.25) is 0 Å². The Labute approximate surface area is 172 Å². The minimum absolute atomic E-state index is 0. The Morgan fingerprint density at radius 2 is 1.96 bits per heavy atom. The van der Waals surface area contributed by atoms with Crippen LogP contribution in [-0.2, 0) is 6.42 Å². The predicted octanol–water partition coefficient (Wildman–Crippen LogP) is 3.90. The molecule has 0 spiro atoms. The first-order chi connectivity index (χ1) is 13.2. The van der Waals surface area contributed by atoms with Gasteiger partial charge < -0.3 is 10.1 Å². The third-order valence-corrected chi connectivity index (χ3v) is 4.83. The van der Waals surface area contributed by atoms with Crippen LogP contribution < -0.4 is 10.1 Å². The molecular formula is C21H25N5OS. The van der Waals surface area contributed by atoms with Gasteiger partial charge in [-0.1, -0.05) is 25.1 Å². The highest BCUT2D eigenvalue weighted by atomic mass is 32.1. The Morgan fingerprint density at radius 1 is 1.14 bits per heavy atom. The molecule has 7 heteroatoms. The fourth-order valence-electron chi connectivity index (χ4n) is 3.31. The first kappa shape index (κ1) is 20.1.